The molecule has 1 N–H and O–H groups in total. The maximum Gasteiger partial charge on any atom is 0.238 e. The van der Waals surface area contributed by atoms with E-state index in [-0.39, 0.29) is 11.9 Å². The molecule has 0 radical (unpaired) electrons. The molecule has 0 aliphatic rings. The van der Waals surface area contributed by atoms with Crippen LogP contribution >= 0.6 is 0 Å². The van der Waals surface area contributed by atoms with Crippen LogP contribution in [0.2, 0.25) is 0 Å². The molecule has 0 aromatic heterocycles. The van der Waals surface area contributed by atoms with Crippen LogP contribution in [0.3, 0.4) is 0 Å². The predicted octanol–water partition coefficient (Wildman–Crippen LogP) is 2.16. The first-order valence-electron chi connectivity index (χ1n) is 6.17. The van der Waals surface area contributed by atoms with Crippen LogP contribution in [0.1, 0.15) is 19.4 Å². The van der Waals surface area contributed by atoms with E-state index in [0.29, 0.717) is 0 Å². The lowest BCUT2D eigenvalue weighted by Gasteiger charge is -2.18. The summed E-state index contributed by atoms with van der Waals surface area (Å²) in [4.78, 5) is 13.3. The van der Waals surface area contributed by atoms with Gasteiger partial charge in [-0.15, -0.1) is 0 Å². The molecule has 3 heteroatoms. The van der Waals surface area contributed by atoms with Crippen molar-refractivity contribution in [3.05, 3.63) is 41.5 Å². The van der Waals surface area contributed by atoms with Gasteiger partial charge in [0.15, 0.2) is 0 Å². The normalized spacial score (nSPS) is 13.2. The summed E-state index contributed by atoms with van der Waals surface area (Å²) >= 11 is 0. The molecule has 0 fully saturated rings. The Balaban J connectivity index is 2.49. The van der Waals surface area contributed by atoms with E-state index in [4.69, 9.17) is 0 Å². The number of likely N-dealkylation sites (N-methyl/N-ethyl adjacent to an activating group) is 1. The third-order valence-corrected chi connectivity index (χ3v) is 2.71. The molecule has 3 nitrogen and oxygen atoms in total. The molecule has 0 bridgehead atoms. The summed E-state index contributed by atoms with van der Waals surface area (Å²) in [7, 11) is 3.54. The zero-order chi connectivity index (χ0) is 13.5. The lowest BCUT2D eigenvalue weighted by Crippen LogP contribution is -2.42. The van der Waals surface area contributed by atoms with Crippen LogP contribution in [0.25, 0.3) is 6.08 Å². The first-order chi connectivity index (χ1) is 8.50. The highest BCUT2D eigenvalue weighted by atomic mass is 16.2. The molecule has 1 atom stereocenters. The molecule has 0 saturated heterocycles. The van der Waals surface area contributed by atoms with Gasteiger partial charge < -0.3 is 10.2 Å². The minimum atomic E-state index is -0.154. The fourth-order valence-corrected chi connectivity index (χ4v) is 1.67. The monoisotopic (exact) mass is 246 g/mol. The fourth-order valence-electron chi connectivity index (χ4n) is 1.67. The summed E-state index contributed by atoms with van der Waals surface area (Å²) in [5.41, 5.74) is 2.39. The van der Waals surface area contributed by atoms with Crippen LogP contribution in [0.4, 0.5) is 0 Å². The third kappa shape index (κ3) is 4.72. The first-order valence-corrected chi connectivity index (χ1v) is 6.17. The van der Waals surface area contributed by atoms with Crippen LogP contribution in [0, 0.1) is 0 Å². The molecule has 0 aliphatic carbocycles. The number of rotatable bonds is 5. The number of benzene rings is 1. The second-order valence-corrected chi connectivity index (χ2v) is 4.74. The Morgan fingerprint density at radius 2 is 1.94 bits per heavy atom. The summed E-state index contributed by atoms with van der Waals surface area (Å²) in [5.74, 6) is 0.0995. The fraction of sp³-hybridized carbons (Fsp3) is 0.400. The van der Waals surface area contributed by atoms with Crippen molar-refractivity contribution in [2.75, 3.05) is 20.6 Å². The Morgan fingerprint density at radius 1 is 1.33 bits per heavy atom. The maximum atomic E-state index is 11.7. The second kappa shape index (κ2) is 6.97. The highest BCUT2D eigenvalue weighted by Crippen LogP contribution is 2.05. The van der Waals surface area contributed by atoms with Crippen molar-refractivity contribution in [2.24, 2.45) is 0 Å². The molecule has 98 valence electrons. The average Bonchev–Trinajstić information content (AvgIpc) is 2.36. The summed E-state index contributed by atoms with van der Waals surface area (Å²) in [6.07, 6.45) is 2.12. The van der Waals surface area contributed by atoms with Crippen molar-refractivity contribution in [1.29, 1.82) is 0 Å². The van der Waals surface area contributed by atoms with Crippen molar-refractivity contribution in [3.8, 4) is 0 Å². The Kier molecular flexibility index (Phi) is 5.59. The van der Waals surface area contributed by atoms with Gasteiger partial charge in [-0.05, 0) is 19.4 Å². The largest absolute Gasteiger partial charge is 0.347 e. The van der Waals surface area contributed by atoms with Gasteiger partial charge in [-0.2, -0.15) is 0 Å². The summed E-state index contributed by atoms with van der Waals surface area (Å²) in [5, 5.41) is 3.22. The van der Waals surface area contributed by atoms with Crippen molar-refractivity contribution >= 4 is 12.0 Å². The van der Waals surface area contributed by atoms with Crippen LogP contribution in [-0.4, -0.2) is 37.5 Å². The Bertz CT molecular complexity index is 410. The smallest absolute Gasteiger partial charge is 0.238 e. The first kappa shape index (κ1) is 14.5. The summed E-state index contributed by atoms with van der Waals surface area (Å²) in [6.45, 7) is 4.67. The van der Waals surface area contributed by atoms with E-state index in [9.17, 15) is 4.79 Å². The van der Waals surface area contributed by atoms with Crippen LogP contribution in [-0.2, 0) is 4.79 Å². The zero-order valence-corrected chi connectivity index (χ0v) is 11.6. The number of carbonyl (C=O) groups is 1. The van der Waals surface area contributed by atoms with Gasteiger partial charge in [-0.3, -0.25) is 4.79 Å². The molecule has 0 aliphatic heterocycles. The number of carbonyl (C=O) groups excluding carboxylic acids is 1. The lowest BCUT2D eigenvalue weighted by molar-refractivity contribution is -0.130. The molecule has 1 amide bonds. The molecular formula is C15H22N2O. The van der Waals surface area contributed by atoms with E-state index < -0.39 is 0 Å². The molecule has 0 saturated carbocycles. The second-order valence-electron chi connectivity index (χ2n) is 4.74. The van der Waals surface area contributed by atoms with E-state index >= 15 is 0 Å². The minimum Gasteiger partial charge on any atom is -0.347 e. The SMILES string of the molecule is C/C(=C\c1ccccc1)CN[C@@H](C)C(=O)N(C)C. The van der Waals surface area contributed by atoms with E-state index in [1.165, 1.54) is 11.1 Å². The standard InChI is InChI=1S/C15H22N2O/c1-12(10-14-8-6-5-7-9-14)11-16-13(2)15(18)17(3)4/h5-10,13,16H,11H2,1-4H3/b12-10+/t13-/m0/s1. The van der Waals surface area contributed by atoms with E-state index in [0.717, 1.165) is 6.54 Å². The molecule has 0 heterocycles. The van der Waals surface area contributed by atoms with Gasteiger partial charge in [0, 0.05) is 20.6 Å². The van der Waals surface area contributed by atoms with E-state index in [2.05, 4.69) is 30.4 Å². The molecule has 0 unspecified atom stereocenters. The van der Waals surface area contributed by atoms with Gasteiger partial charge in [0.25, 0.3) is 0 Å². The predicted molar refractivity (Wildman–Crippen MR) is 76.3 cm³/mol. The highest BCUT2D eigenvalue weighted by Gasteiger charge is 2.13. The van der Waals surface area contributed by atoms with Crippen LogP contribution in [0.15, 0.2) is 35.9 Å². The molecule has 0 spiro atoms. The van der Waals surface area contributed by atoms with Crippen molar-refractivity contribution in [1.82, 2.24) is 10.2 Å². The Labute approximate surface area is 109 Å². The number of nitrogens with zero attached hydrogens (tertiary/aromatic N) is 1. The van der Waals surface area contributed by atoms with Crippen molar-refractivity contribution < 1.29 is 4.79 Å². The van der Waals surface area contributed by atoms with Crippen LogP contribution < -0.4 is 5.32 Å². The van der Waals surface area contributed by atoms with Gasteiger partial charge in [-0.1, -0.05) is 42.0 Å². The zero-order valence-electron chi connectivity index (χ0n) is 11.6. The van der Waals surface area contributed by atoms with E-state index in [1.54, 1.807) is 19.0 Å². The summed E-state index contributed by atoms with van der Waals surface area (Å²) < 4.78 is 0. The molecule has 1 rings (SSSR count). The number of nitrogens with one attached hydrogen (secondary N) is 1. The summed E-state index contributed by atoms with van der Waals surface area (Å²) in [6, 6.07) is 10.0. The van der Waals surface area contributed by atoms with E-state index in [1.807, 2.05) is 25.1 Å². The Morgan fingerprint density at radius 3 is 2.50 bits per heavy atom. The molecule has 1 aromatic carbocycles. The van der Waals surface area contributed by atoms with Gasteiger partial charge in [0.1, 0.15) is 0 Å². The lowest BCUT2D eigenvalue weighted by atomic mass is 10.1. The minimum absolute atomic E-state index is 0.0995. The molecular weight excluding hydrogens is 224 g/mol. The van der Waals surface area contributed by atoms with Gasteiger partial charge in [-0.25, -0.2) is 0 Å². The van der Waals surface area contributed by atoms with Crippen molar-refractivity contribution in [2.45, 2.75) is 19.9 Å². The number of hydrogen-bond donors (Lipinski definition) is 1. The van der Waals surface area contributed by atoms with Crippen LogP contribution in [0.5, 0.6) is 0 Å². The van der Waals surface area contributed by atoms with Gasteiger partial charge in [0.05, 0.1) is 6.04 Å². The number of hydrogen-bond acceptors (Lipinski definition) is 2. The highest BCUT2D eigenvalue weighted by molar-refractivity contribution is 5.80. The average molecular weight is 246 g/mol. The maximum absolute atomic E-state index is 11.7. The molecule has 1 aromatic rings. The van der Waals surface area contributed by atoms with Gasteiger partial charge in [0.2, 0.25) is 5.91 Å². The van der Waals surface area contributed by atoms with Gasteiger partial charge >= 0.3 is 0 Å². The molecule has 18 heavy (non-hydrogen) atoms. The number of amides is 1. The quantitative estimate of drug-likeness (QED) is 0.863. The Hall–Kier alpha value is -1.61. The third-order valence-electron chi connectivity index (χ3n) is 2.71. The van der Waals surface area contributed by atoms with Crippen molar-refractivity contribution in [3.63, 3.8) is 0 Å². The topological polar surface area (TPSA) is 32.3 Å².